The summed E-state index contributed by atoms with van der Waals surface area (Å²) in [5.41, 5.74) is 1.69. The lowest BCUT2D eigenvalue weighted by atomic mass is 10.1. The van der Waals surface area contributed by atoms with Gasteiger partial charge in [0.1, 0.15) is 6.33 Å². The van der Waals surface area contributed by atoms with E-state index in [1.807, 2.05) is 41.6 Å². The van der Waals surface area contributed by atoms with Gasteiger partial charge in [0.05, 0.1) is 0 Å². The van der Waals surface area contributed by atoms with Crippen molar-refractivity contribution < 1.29 is 4.79 Å². The molecule has 4 rings (SSSR count). The van der Waals surface area contributed by atoms with Gasteiger partial charge < -0.3 is 15.5 Å². The number of aryl methyl sites for hydroxylation is 1. The third-order valence-electron chi connectivity index (χ3n) is 4.54. The summed E-state index contributed by atoms with van der Waals surface area (Å²) in [7, 11) is 1.83. The fourth-order valence-corrected chi connectivity index (χ4v) is 3.68. The number of aromatic nitrogens is 4. The van der Waals surface area contributed by atoms with Gasteiger partial charge in [-0.15, -0.1) is 11.3 Å². The van der Waals surface area contributed by atoms with Crippen molar-refractivity contribution in [2.24, 2.45) is 7.05 Å². The van der Waals surface area contributed by atoms with E-state index in [-0.39, 0.29) is 6.03 Å². The number of amides is 2. The third kappa shape index (κ3) is 4.25. The highest BCUT2D eigenvalue weighted by Crippen LogP contribution is 2.20. The van der Waals surface area contributed by atoms with E-state index in [1.54, 1.807) is 28.5 Å². The van der Waals surface area contributed by atoms with Gasteiger partial charge in [0.15, 0.2) is 11.0 Å². The Bertz CT molecular complexity index is 883. The number of nitrogens with one attached hydrogen (secondary N) is 2. The second kappa shape index (κ2) is 7.75. The summed E-state index contributed by atoms with van der Waals surface area (Å²) < 4.78 is 1.66. The van der Waals surface area contributed by atoms with E-state index in [9.17, 15) is 4.79 Å². The minimum absolute atomic E-state index is 0.0635. The Hall–Kier alpha value is -2.94. The van der Waals surface area contributed by atoms with Crippen molar-refractivity contribution in [3.8, 4) is 11.4 Å². The molecule has 27 heavy (non-hydrogen) atoms. The normalized spacial score (nSPS) is 14.9. The van der Waals surface area contributed by atoms with Crippen molar-refractivity contribution in [3.05, 3.63) is 42.2 Å². The van der Waals surface area contributed by atoms with Crippen LogP contribution in [0.1, 0.15) is 12.8 Å². The maximum atomic E-state index is 12.5. The van der Waals surface area contributed by atoms with Gasteiger partial charge in [-0.1, -0.05) is 0 Å². The average Bonchev–Trinajstić information content (AvgIpc) is 3.35. The number of urea groups is 1. The van der Waals surface area contributed by atoms with Crippen LogP contribution < -0.4 is 10.6 Å². The Kier molecular flexibility index (Phi) is 5.01. The van der Waals surface area contributed by atoms with Crippen molar-refractivity contribution in [3.63, 3.8) is 0 Å². The van der Waals surface area contributed by atoms with Crippen LogP contribution in [0.3, 0.4) is 0 Å². The van der Waals surface area contributed by atoms with Gasteiger partial charge in [0.25, 0.3) is 0 Å². The predicted molar refractivity (Wildman–Crippen MR) is 106 cm³/mol. The minimum Gasteiger partial charge on any atom is -0.359 e. The van der Waals surface area contributed by atoms with E-state index in [0.717, 1.165) is 42.3 Å². The summed E-state index contributed by atoms with van der Waals surface area (Å²) in [6.45, 7) is 1.45. The first-order chi connectivity index (χ1) is 13.2. The number of likely N-dealkylation sites (tertiary alicyclic amines) is 1. The van der Waals surface area contributed by atoms with E-state index >= 15 is 0 Å². The van der Waals surface area contributed by atoms with Crippen LogP contribution in [-0.2, 0) is 7.05 Å². The first-order valence-electron chi connectivity index (χ1n) is 8.85. The molecule has 1 aliphatic rings. The van der Waals surface area contributed by atoms with Gasteiger partial charge in [-0.3, -0.25) is 4.68 Å². The first-order valence-corrected chi connectivity index (χ1v) is 9.73. The molecule has 1 saturated heterocycles. The summed E-state index contributed by atoms with van der Waals surface area (Å²) in [6, 6.07) is 7.88. The van der Waals surface area contributed by atoms with E-state index in [2.05, 4.69) is 25.7 Å². The van der Waals surface area contributed by atoms with E-state index in [4.69, 9.17) is 0 Å². The number of benzene rings is 1. The van der Waals surface area contributed by atoms with Crippen LogP contribution in [0, 0.1) is 0 Å². The molecule has 2 amide bonds. The zero-order valence-electron chi connectivity index (χ0n) is 15.0. The number of carbonyl (C=O) groups is 1. The molecule has 0 unspecified atom stereocenters. The molecule has 140 valence electrons. The van der Waals surface area contributed by atoms with Gasteiger partial charge in [0.2, 0.25) is 0 Å². The van der Waals surface area contributed by atoms with Gasteiger partial charge in [0, 0.05) is 49.0 Å². The van der Waals surface area contributed by atoms with Gasteiger partial charge in [-0.25, -0.2) is 14.8 Å². The SMILES string of the molecule is Cn1cnc(-c2ccc(NC(=O)N3CCC(Nc4nccs4)CC3)cc2)n1. The summed E-state index contributed by atoms with van der Waals surface area (Å²) in [5.74, 6) is 0.671. The molecule has 2 N–H and O–H groups in total. The molecule has 0 saturated carbocycles. The molecule has 3 aromatic rings. The van der Waals surface area contributed by atoms with Gasteiger partial charge in [-0.05, 0) is 37.1 Å². The average molecular weight is 383 g/mol. The van der Waals surface area contributed by atoms with E-state index < -0.39 is 0 Å². The highest BCUT2D eigenvalue weighted by atomic mass is 32.1. The maximum Gasteiger partial charge on any atom is 0.321 e. The Morgan fingerprint density at radius 2 is 1.96 bits per heavy atom. The molecule has 0 spiro atoms. The number of rotatable bonds is 4. The number of nitrogens with zero attached hydrogens (tertiary/aromatic N) is 5. The molecule has 8 nitrogen and oxygen atoms in total. The fourth-order valence-electron chi connectivity index (χ4n) is 3.07. The second-order valence-electron chi connectivity index (χ2n) is 6.49. The topological polar surface area (TPSA) is 88.0 Å². The summed E-state index contributed by atoms with van der Waals surface area (Å²) >= 11 is 1.60. The third-order valence-corrected chi connectivity index (χ3v) is 5.24. The lowest BCUT2D eigenvalue weighted by Crippen LogP contribution is -2.44. The second-order valence-corrected chi connectivity index (χ2v) is 7.39. The zero-order valence-corrected chi connectivity index (χ0v) is 15.8. The smallest absolute Gasteiger partial charge is 0.321 e. The summed E-state index contributed by atoms with van der Waals surface area (Å²) in [6.07, 6.45) is 5.29. The van der Waals surface area contributed by atoms with E-state index in [1.165, 1.54) is 0 Å². The Labute approximate surface area is 161 Å². The fraction of sp³-hybridized carbons (Fsp3) is 0.333. The number of piperidine rings is 1. The Balaban J connectivity index is 1.29. The largest absolute Gasteiger partial charge is 0.359 e. The maximum absolute atomic E-state index is 12.5. The summed E-state index contributed by atoms with van der Waals surface area (Å²) in [4.78, 5) is 22.8. The molecule has 0 atom stereocenters. The number of hydrogen-bond acceptors (Lipinski definition) is 6. The molecule has 1 aliphatic heterocycles. The molecule has 3 heterocycles. The Morgan fingerprint density at radius 3 is 2.59 bits per heavy atom. The molecule has 1 aromatic carbocycles. The lowest BCUT2D eigenvalue weighted by Gasteiger charge is -2.32. The molecule has 9 heteroatoms. The molecule has 1 fully saturated rings. The zero-order chi connectivity index (χ0) is 18.6. The number of thiazole rings is 1. The van der Waals surface area contributed by atoms with Crippen molar-refractivity contribution >= 4 is 28.2 Å². The molecule has 0 bridgehead atoms. The van der Waals surface area contributed by atoms with Crippen LogP contribution >= 0.6 is 11.3 Å². The predicted octanol–water partition coefficient (Wildman–Crippen LogP) is 3.05. The van der Waals surface area contributed by atoms with Crippen LogP contribution in [-0.4, -0.2) is 49.8 Å². The lowest BCUT2D eigenvalue weighted by molar-refractivity contribution is 0.197. The van der Waals surface area contributed by atoms with Crippen LogP contribution in [0.4, 0.5) is 15.6 Å². The quantitative estimate of drug-likeness (QED) is 0.723. The molecule has 0 radical (unpaired) electrons. The van der Waals surface area contributed by atoms with Crippen LogP contribution in [0.15, 0.2) is 42.2 Å². The first kappa shape index (κ1) is 17.5. The highest BCUT2D eigenvalue weighted by Gasteiger charge is 2.23. The molecule has 2 aromatic heterocycles. The summed E-state index contributed by atoms with van der Waals surface area (Å²) in [5, 5.41) is 13.6. The van der Waals surface area contributed by atoms with E-state index in [0.29, 0.717) is 11.9 Å². The van der Waals surface area contributed by atoms with Crippen molar-refractivity contribution in [2.45, 2.75) is 18.9 Å². The number of carbonyl (C=O) groups excluding carboxylic acids is 1. The standard InChI is InChI=1S/C18H21N7OS/c1-24-12-20-16(23-24)13-2-4-14(5-3-13)22-18(26)25-9-6-15(7-10-25)21-17-19-8-11-27-17/h2-5,8,11-12,15H,6-7,9-10H2,1H3,(H,19,21)(H,22,26). The monoisotopic (exact) mass is 383 g/mol. The van der Waals surface area contributed by atoms with Crippen molar-refractivity contribution in [2.75, 3.05) is 23.7 Å². The molecular weight excluding hydrogens is 362 g/mol. The van der Waals surface area contributed by atoms with Gasteiger partial charge >= 0.3 is 6.03 Å². The molecule has 0 aliphatic carbocycles. The number of anilines is 2. The van der Waals surface area contributed by atoms with Crippen molar-refractivity contribution in [1.82, 2.24) is 24.6 Å². The van der Waals surface area contributed by atoms with Crippen LogP contribution in [0.2, 0.25) is 0 Å². The van der Waals surface area contributed by atoms with Crippen LogP contribution in [0.25, 0.3) is 11.4 Å². The Morgan fingerprint density at radius 1 is 1.19 bits per heavy atom. The highest BCUT2D eigenvalue weighted by molar-refractivity contribution is 7.13. The minimum atomic E-state index is -0.0635. The van der Waals surface area contributed by atoms with Crippen molar-refractivity contribution in [1.29, 1.82) is 0 Å². The van der Waals surface area contributed by atoms with Crippen LogP contribution in [0.5, 0.6) is 0 Å². The number of hydrogen-bond donors (Lipinski definition) is 2. The van der Waals surface area contributed by atoms with Gasteiger partial charge in [-0.2, -0.15) is 5.10 Å². The molecular formula is C18H21N7OS.